The van der Waals surface area contributed by atoms with Crippen molar-refractivity contribution in [3.8, 4) is 0 Å². The molecule has 1 spiro atoms. The Morgan fingerprint density at radius 2 is 0.932 bits per heavy atom. The largest absolute Gasteiger partial charge is 0.387 e. The van der Waals surface area contributed by atoms with E-state index in [9.17, 15) is 0 Å². The summed E-state index contributed by atoms with van der Waals surface area (Å²) in [6.07, 6.45) is 1.16. The van der Waals surface area contributed by atoms with Crippen molar-refractivity contribution in [1.29, 1.82) is 0 Å². The quantitative estimate of drug-likeness (QED) is 0.116. The van der Waals surface area contributed by atoms with Gasteiger partial charge in [0, 0.05) is 46.2 Å². The van der Waals surface area contributed by atoms with E-state index < -0.39 is 35.2 Å². The fraction of sp³-hybridized carbons (Fsp3) is 0.231. The third-order valence-corrected chi connectivity index (χ3v) is 20.3. The molecule has 7 rings (SSSR count). The molecule has 0 N–H and O–H groups in total. The van der Waals surface area contributed by atoms with E-state index in [0.717, 1.165) is 11.1 Å². The van der Waals surface area contributed by atoms with Gasteiger partial charge in [0.25, 0.3) is 0 Å². The second kappa shape index (κ2) is 17.0. The number of rotatable bonds is 4. The molecule has 4 aromatic rings. The van der Waals surface area contributed by atoms with E-state index in [1.807, 2.05) is 109 Å². The molecule has 0 aromatic heterocycles. The van der Waals surface area contributed by atoms with Crippen molar-refractivity contribution in [2.24, 2.45) is 13.5 Å². The van der Waals surface area contributed by atoms with Gasteiger partial charge in [-0.05, 0) is 12.3 Å². The molecule has 1 saturated heterocycles. The Morgan fingerprint density at radius 1 is 0.568 bits per heavy atom. The molecule has 18 heteroatoms. The molecule has 1 fully saturated rings. The van der Waals surface area contributed by atoms with Gasteiger partial charge in [0.2, 0.25) is 0 Å². The molecule has 3 aliphatic heterocycles. The molecule has 0 saturated carbocycles. The summed E-state index contributed by atoms with van der Waals surface area (Å²) in [5, 5.41) is 0. The normalized spacial score (nSPS) is 32.1. The van der Waals surface area contributed by atoms with Crippen molar-refractivity contribution in [1.82, 2.24) is 0 Å². The Bertz CT molecular complexity index is 1590. The van der Waals surface area contributed by atoms with E-state index in [1.54, 1.807) is 0 Å². The summed E-state index contributed by atoms with van der Waals surface area (Å²) in [7, 11) is -12.4. The maximum Gasteiger partial charge on any atom is 0.387 e. The Balaban J connectivity index is 0.000000374. The number of hydrogen-bond donors (Lipinski definition) is 0. The second-order valence-electron chi connectivity index (χ2n) is 9.68. The minimum atomic E-state index is -4.41. The number of halogens is 2. The van der Waals surface area contributed by atoms with Gasteiger partial charge in [0.05, 0.1) is 25.4 Å². The fourth-order valence-corrected chi connectivity index (χ4v) is 21.1. The van der Waals surface area contributed by atoms with Crippen LogP contribution in [-0.2, 0) is 88.2 Å². The summed E-state index contributed by atoms with van der Waals surface area (Å²) in [5.74, 6) is 0. The smallest absolute Gasteiger partial charge is 0.301 e. The van der Waals surface area contributed by atoms with Crippen LogP contribution >= 0.6 is 35.2 Å². The van der Waals surface area contributed by atoms with Crippen LogP contribution in [0.1, 0.15) is 11.1 Å². The molecule has 244 valence electrons. The van der Waals surface area contributed by atoms with Crippen molar-refractivity contribution in [3.05, 3.63) is 120 Å². The molecule has 0 amide bonds. The molecule has 44 heavy (non-hydrogen) atoms. The molecule has 3 unspecified atom stereocenters. The summed E-state index contributed by atoms with van der Waals surface area (Å²) in [5.41, 5.74) is 2.06. The van der Waals surface area contributed by atoms with Gasteiger partial charge < -0.3 is 9.05 Å². The van der Waals surface area contributed by atoms with Crippen molar-refractivity contribution in [2.75, 3.05) is 25.4 Å². The van der Waals surface area contributed by atoms with Gasteiger partial charge in [-0.3, -0.25) is 9.05 Å². The average Bonchev–Trinajstić information content (AvgIpc) is 3.78. The van der Waals surface area contributed by atoms with E-state index in [-0.39, 0.29) is 59.5 Å². The van der Waals surface area contributed by atoms with Crippen molar-refractivity contribution >= 4 is 58.8 Å². The first-order valence-electron chi connectivity index (χ1n) is 12.9. The molecule has 2 bridgehead atoms. The molecular weight excluding hydrogens is 787 g/mol. The molecular formula is C26H30F2Fe2N3O4P5S2-4. The van der Waals surface area contributed by atoms with E-state index in [4.69, 9.17) is 41.7 Å². The number of fused-ring (bicyclic) bond motifs is 1. The maximum atomic E-state index is 15.7. The van der Waals surface area contributed by atoms with Crippen molar-refractivity contribution in [2.45, 2.75) is 12.3 Å². The molecule has 0 radical (unpaired) electrons. The fourth-order valence-electron chi connectivity index (χ4n) is 4.03. The molecule has 3 heterocycles. The van der Waals surface area contributed by atoms with Gasteiger partial charge in [-0.2, -0.15) is 80.2 Å². The van der Waals surface area contributed by atoms with Crippen LogP contribution in [0.25, 0.3) is 0 Å². The topological polar surface area (TPSA) is 74.0 Å². The zero-order valence-corrected chi connectivity index (χ0v) is 31.4. The van der Waals surface area contributed by atoms with E-state index in [2.05, 4.69) is 13.5 Å². The van der Waals surface area contributed by atoms with Gasteiger partial charge in [-0.1, -0.05) is 23.6 Å². The Kier molecular flexibility index (Phi) is 14.9. The summed E-state index contributed by atoms with van der Waals surface area (Å²) >= 11 is 11.5. The predicted octanol–water partition coefficient (Wildman–Crippen LogP) is 11.3. The van der Waals surface area contributed by atoms with Gasteiger partial charge in [-0.25, -0.2) is 48.5 Å². The van der Waals surface area contributed by atoms with Crippen LogP contribution in [0.15, 0.2) is 123 Å². The van der Waals surface area contributed by atoms with E-state index in [0.29, 0.717) is 12.3 Å². The number of hydrogen-bond acceptors (Lipinski definition) is 9. The van der Waals surface area contributed by atoms with E-state index >= 15 is 8.39 Å². The monoisotopic (exact) mass is 817 g/mol. The standard InChI is InChI=1S/C16H20F2N3O4P5S2.2C5H5.2Fe/c17-28-19-29(18,23-12-26(31,11-22-28)9-15-5-1-2-6-15)21-30(20-28)24-13-27(32,14-25-30)10-16-7-3-4-8-16;2*1-2-4-5-3-1;;/h1-8H,9-14H2;2*1-5H;;/q-2;2*-1;;. The Labute approximate surface area is 289 Å². The summed E-state index contributed by atoms with van der Waals surface area (Å²) in [6.45, 7) is 0. The summed E-state index contributed by atoms with van der Waals surface area (Å²) in [4.78, 5) is 0. The van der Waals surface area contributed by atoms with Crippen molar-refractivity contribution in [3.63, 3.8) is 0 Å². The molecule has 3 aliphatic rings. The molecule has 3 atom stereocenters. The minimum Gasteiger partial charge on any atom is -0.301 e. The SMILES string of the molecule is FP12=NP(F)(=NP3(=N1)OCP(=S)(C[c-]1cccc1)CO3)OCP(=S)(C[c-]1cccc1)CO2.[Fe].[Fe].c1cc[cH-]c1.c1cc[cH-]c1. The van der Waals surface area contributed by atoms with Crippen LogP contribution in [-0.4, -0.2) is 25.4 Å². The van der Waals surface area contributed by atoms with Crippen LogP contribution < -0.4 is 0 Å². The first-order chi connectivity index (χ1) is 20.1. The van der Waals surface area contributed by atoms with Crippen molar-refractivity contribution < 1.29 is 60.6 Å². The average molecular weight is 817 g/mol. The zero-order valence-electron chi connectivity index (χ0n) is 23.1. The third kappa shape index (κ3) is 11.1. The molecule has 4 aromatic carbocycles. The first kappa shape index (κ1) is 38.6. The zero-order chi connectivity index (χ0) is 29.6. The maximum absolute atomic E-state index is 15.7. The third-order valence-electron chi connectivity index (χ3n) is 6.02. The first-order valence-corrected chi connectivity index (χ1v) is 24.1. The van der Waals surface area contributed by atoms with Crippen LogP contribution in [0.3, 0.4) is 0 Å². The Morgan fingerprint density at radius 3 is 1.30 bits per heavy atom. The van der Waals surface area contributed by atoms with Gasteiger partial charge in [0.15, 0.2) is 0 Å². The van der Waals surface area contributed by atoms with Gasteiger partial charge in [-0.15, -0.1) is 13.5 Å². The molecule has 0 aliphatic carbocycles. The van der Waals surface area contributed by atoms with E-state index in [1.165, 1.54) is 0 Å². The Hall–Kier alpha value is 0.129. The number of nitrogens with zero attached hydrogens (tertiary/aromatic N) is 3. The van der Waals surface area contributed by atoms with Gasteiger partial charge in [0.1, 0.15) is 0 Å². The van der Waals surface area contributed by atoms with Gasteiger partial charge >= 0.3 is 23.1 Å². The van der Waals surface area contributed by atoms with Crippen LogP contribution in [0.4, 0.5) is 8.39 Å². The van der Waals surface area contributed by atoms with Crippen LogP contribution in [0.2, 0.25) is 0 Å². The summed E-state index contributed by atoms with van der Waals surface area (Å²) < 4.78 is 65.5. The second-order valence-corrected chi connectivity index (χ2v) is 26.3. The van der Waals surface area contributed by atoms with Crippen LogP contribution in [0, 0.1) is 0 Å². The predicted molar refractivity (Wildman–Crippen MR) is 178 cm³/mol. The summed E-state index contributed by atoms with van der Waals surface area (Å²) in [6, 6.07) is 30.9. The molecule has 7 nitrogen and oxygen atoms in total. The van der Waals surface area contributed by atoms with Crippen LogP contribution in [0.5, 0.6) is 0 Å². The minimum absolute atomic E-state index is 0.